The van der Waals surface area contributed by atoms with E-state index in [2.05, 4.69) is 4.98 Å². The fourth-order valence-electron chi connectivity index (χ4n) is 1.62. The first-order valence-electron chi connectivity index (χ1n) is 5.36. The minimum absolute atomic E-state index is 0.140. The smallest absolute Gasteiger partial charge is 0.384 e. The van der Waals surface area contributed by atoms with Gasteiger partial charge in [0, 0.05) is 5.56 Å². The van der Waals surface area contributed by atoms with Gasteiger partial charge in [-0.15, -0.1) is 0 Å². The quantitative estimate of drug-likeness (QED) is 0.852. The normalized spacial score (nSPS) is 13.3. The minimum atomic E-state index is -4.56. The van der Waals surface area contributed by atoms with Crippen molar-refractivity contribution in [3.63, 3.8) is 0 Å². The highest BCUT2D eigenvalue weighted by Gasteiger charge is 2.33. The second-order valence-electron chi connectivity index (χ2n) is 3.89. The summed E-state index contributed by atoms with van der Waals surface area (Å²) in [5.41, 5.74) is -0.409. The van der Waals surface area contributed by atoms with Crippen LogP contribution in [0.3, 0.4) is 0 Å². The molecule has 1 heterocycles. The average Bonchev–Trinajstić information content (AvgIpc) is 2.38. The average molecular weight is 288 g/mol. The Hall–Kier alpha value is -1.59. The molecule has 2 rings (SSSR count). The number of aliphatic hydroxyl groups excluding tert-OH is 1. The molecule has 0 fully saturated rings. The zero-order chi connectivity index (χ0) is 14.0. The first kappa shape index (κ1) is 13.8. The molecular weight excluding hydrogens is 279 g/mol. The molecular formula is C13H9ClF3NO. The molecule has 1 aromatic carbocycles. The van der Waals surface area contributed by atoms with Crippen molar-refractivity contribution in [2.24, 2.45) is 0 Å². The molecule has 19 heavy (non-hydrogen) atoms. The van der Waals surface area contributed by atoms with Gasteiger partial charge in [-0.3, -0.25) is 0 Å². The van der Waals surface area contributed by atoms with Gasteiger partial charge >= 0.3 is 6.18 Å². The number of hydrogen-bond acceptors (Lipinski definition) is 2. The first-order valence-corrected chi connectivity index (χ1v) is 5.74. The summed E-state index contributed by atoms with van der Waals surface area (Å²) in [5, 5.41) is 9.71. The van der Waals surface area contributed by atoms with Crippen LogP contribution in [0.2, 0.25) is 5.15 Å². The maximum absolute atomic E-state index is 12.4. The number of aromatic nitrogens is 1. The van der Waals surface area contributed by atoms with Gasteiger partial charge in [0.1, 0.15) is 17.0 Å². The maximum atomic E-state index is 12.4. The largest absolute Gasteiger partial charge is 0.433 e. The van der Waals surface area contributed by atoms with Crippen molar-refractivity contribution in [3.8, 4) is 0 Å². The second-order valence-corrected chi connectivity index (χ2v) is 4.25. The van der Waals surface area contributed by atoms with Crippen LogP contribution in [0.1, 0.15) is 22.9 Å². The van der Waals surface area contributed by atoms with Crippen LogP contribution in [0.5, 0.6) is 0 Å². The van der Waals surface area contributed by atoms with Crippen LogP contribution in [-0.4, -0.2) is 10.1 Å². The zero-order valence-electron chi connectivity index (χ0n) is 9.53. The predicted octanol–water partition coefficient (Wildman–Crippen LogP) is 3.84. The lowest BCUT2D eigenvalue weighted by Gasteiger charge is -2.14. The number of aliphatic hydroxyl groups is 1. The van der Waals surface area contributed by atoms with Gasteiger partial charge in [-0.25, -0.2) is 4.98 Å². The summed E-state index contributed by atoms with van der Waals surface area (Å²) >= 11 is 5.71. The van der Waals surface area contributed by atoms with Crippen molar-refractivity contribution < 1.29 is 18.3 Å². The first-order chi connectivity index (χ1) is 8.89. The fourth-order valence-corrected chi connectivity index (χ4v) is 1.88. The Bertz CT molecular complexity index is 572. The molecule has 0 aliphatic rings. The summed E-state index contributed by atoms with van der Waals surface area (Å²) in [7, 11) is 0. The number of rotatable bonds is 2. The Morgan fingerprint density at radius 3 is 2.21 bits per heavy atom. The summed E-state index contributed by atoms with van der Waals surface area (Å²) in [5.74, 6) is 0. The highest BCUT2D eigenvalue weighted by atomic mass is 35.5. The van der Waals surface area contributed by atoms with E-state index in [1.54, 1.807) is 30.3 Å². The Labute approximate surface area is 112 Å². The summed E-state index contributed by atoms with van der Waals surface area (Å²) in [4.78, 5) is 3.27. The maximum Gasteiger partial charge on any atom is 0.433 e. The summed E-state index contributed by atoms with van der Waals surface area (Å²) in [6.45, 7) is 0. The van der Waals surface area contributed by atoms with Crippen molar-refractivity contribution >= 4 is 11.6 Å². The van der Waals surface area contributed by atoms with Gasteiger partial charge in [-0.2, -0.15) is 13.2 Å². The number of halogens is 4. The lowest BCUT2D eigenvalue weighted by atomic mass is 10.0. The van der Waals surface area contributed by atoms with Gasteiger partial charge in [0.15, 0.2) is 0 Å². The topological polar surface area (TPSA) is 33.1 Å². The molecule has 1 atom stereocenters. The number of benzene rings is 1. The molecule has 0 radical (unpaired) electrons. The molecule has 100 valence electrons. The van der Waals surface area contributed by atoms with Gasteiger partial charge in [-0.1, -0.05) is 48.0 Å². The Kier molecular flexibility index (Phi) is 3.78. The number of pyridine rings is 1. The van der Waals surface area contributed by atoms with E-state index in [0.29, 0.717) is 5.56 Å². The van der Waals surface area contributed by atoms with Crippen LogP contribution in [0.15, 0.2) is 42.5 Å². The Balaban J connectivity index is 2.37. The zero-order valence-corrected chi connectivity index (χ0v) is 10.3. The van der Waals surface area contributed by atoms with Gasteiger partial charge in [0.05, 0.1) is 0 Å². The molecule has 2 aromatic rings. The summed E-state index contributed by atoms with van der Waals surface area (Å²) in [6, 6.07) is 10.4. The third kappa shape index (κ3) is 3.05. The van der Waals surface area contributed by atoms with Crippen molar-refractivity contribution in [3.05, 3.63) is 64.4 Å². The van der Waals surface area contributed by atoms with Crippen molar-refractivity contribution in [2.75, 3.05) is 0 Å². The summed E-state index contributed by atoms with van der Waals surface area (Å²) in [6.07, 6.45) is -5.66. The van der Waals surface area contributed by atoms with Crippen molar-refractivity contribution in [1.29, 1.82) is 0 Å². The van der Waals surface area contributed by atoms with Gasteiger partial charge in [-0.05, 0) is 11.6 Å². The van der Waals surface area contributed by atoms with Gasteiger partial charge in [0.25, 0.3) is 0 Å². The molecule has 0 saturated heterocycles. The molecule has 6 heteroatoms. The number of hydrogen-bond donors (Lipinski definition) is 1. The lowest BCUT2D eigenvalue weighted by molar-refractivity contribution is -0.141. The van der Waals surface area contributed by atoms with E-state index in [1.165, 1.54) is 0 Å². The van der Waals surface area contributed by atoms with Gasteiger partial charge in [0.2, 0.25) is 0 Å². The highest BCUT2D eigenvalue weighted by Crippen LogP contribution is 2.32. The standard InChI is InChI=1S/C13H9ClF3NO/c14-12-9(6-7-10(18-12)13(15,16)17)11(19)8-4-2-1-3-5-8/h1-7,11,19H. The second kappa shape index (κ2) is 5.19. The molecule has 2 nitrogen and oxygen atoms in total. The van der Waals surface area contributed by atoms with E-state index < -0.39 is 18.0 Å². The van der Waals surface area contributed by atoms with E-state index in [0.717, 1.165) is 12.1 Å². The van der Waals surface area contributed by atoms with E-state index in [1.807, 2.05) is 0 Å². The Morgan fingerprint density at radius 2 is 1.68 bits per heavy atom. The van der Waals surface area contributed by atoms with Crippen LogP contribution in [0.4, 0.5) is 13.2 Å². The van der Waals surface area contributed by atoms with Crippen LogP contribution in [-0.2, 0) is 6.18 Å². The highest BCUT2D eigenvalue weighted by molar-refractivity contribution is 6.30. The van der Waals surface area contributed by atoms with Crippen molar-refractivity contribution in [2.45, 2.75) is 12.3 Å². The number of nitrogens with zero attached hydrogens (tertiary/aromatic N) is 1. The molecule has 1 aromatic heterocycles. The van der Waals surface area contributed by atoms with Crippen LogP contribution in [0.25, 0.3) is 0 Å². The van der Waals surface area contributed by atoms with Crippen LogP contribution < -0.4 is 0 Å². The third-order valence-corrected chi connectivity index (χ3v) is 2.88. The van der Waals surface area contributed by atoms with E-state index in [9.17, 15) is 18.3 Å². The molecule has 0 amide bonds. The lowest BCUT2D eigenvalue weighted by Crippen LogP contribution is -2.10. The monoisotopic (exact) mass is 287 g/mol. The van der Waals surface area contributed by atoms with E-state index in [4.69, 9.17) is 11.6 Å². The Morgan fingerprint density at radius 1 is 1.05 bits per heavy atom. The minimum Gasteiger partial charge on any atom is -0.384 e. The molecule has 0 aliphatic heterocycles. The van der Waals surface area contributed by atoms with Crippen molar-refractivity contribution in [1.82, 2.24) is 4.98 Å². The SMILES string of the molecule is OC(c1ccccc1)c1ccc(C(F)(F)F)nc1Cl. The predicted molar refractivity (Wildman–Crippen MR) is 64.8 cm³/mol. The third-order valence-electron chi connectivity index (χ3n) is 2.58. The van der Waals surface area contributed by atoms with Crippen LogP contribution in [0, 0.1) is 0 Å². The van der Waals surface area contributed by atoms with E-state index in [-0.39, 0.29) is 10.7 Å². The van der Waals surface area contributed by atoms with Gasteiger partial charge < -0.3 is 5.11 Å². The molecule has 1 N–H and O–H groups in total. The van der Waals surface area contributed by atoms with Crippen LogP contribution >= 0.6 is 11.6 Å². The van der Waals surface area contributed by atoms with E-state index >= 15 is 0 Å². The number of alkyl halides is 3. The summed E-state index contributed by atoms with van der Waals surface area (Å²) < 4.78 is 37.3. The molecule has 0 bridgehead atoms. The fraction of sp³-hybridized carbons (Fsp3) is 0.154. The molecule has 1 unspecified atom stereocenters. The molecule has 0 aliphatic carbocycles. The molecule has 0 saturated carbocycles. The molecule has 0 spiro atoms.